The summed E-state index contributed by atoms with van der Waals surface area (Å²) in [5, 5.41) is 0. The summed E-state index contributed by atoms with van der Waals surface area (Å²) in [6, 6.07) is 3.34. The van der Waals surface area contributed by atoms with Crippen LogP contribution in [0.15, 0.2) is 33.5 Å². The third kappa shape index (κ3) is 1.78. The molecule has 0 aliphatic carbocycles. The molecular formula is C9H4BrClO2S. The van der Waals surface area contributed by atoms with Crippen molar-refractivity contribution in [3.8, 4) is 0 Å². The molecule has 0 aromatic carbocycles. The van der Waals surface area contributed by atoms with E-state index in [9.17, 15) is 4.79 Å². The Morgan fingerprint density at radius 1 is 1.57 bits per heavy atom. The molecule has 0 N–H and O–H groups in total. The second kappa shape index (κ2) is 3.88. The van der Waals surface area contributed by atoms with Gasteiger partial charge in [-0.25, -0.2) is 0 Å². The molecule has 0 fully saturated rings. The maximum atomic E-state index is 11.7. The van der Waals surface area contributed by atoms with Crippen molar-refractivity contribution in [2.24, 2.45) is 0 Å². The highest BCUT2D eigenvalue weighted by molar-refractivity contribution is 9.10. The van der Waals surface area contributed by atoms with E-state index in [1.807, 2.05) is 0 Å². The zero-order valence-corrected chi connectivity index (χ0v) is 9.95. The van der Waals surface area contributed by atoms with Crippen molar-refractivity contribution in [3.63, 3.8) is 0 Å². The van der Waals surface area contributed by atoms with Crippen LogP contribution in [0.1, 0.15) is 15.2 Å². The Hall–Kier alpha value is -0.580. The molecule has 2 aromatic heterocycles. The van der Waals surface area contributed by atoms with E-state index < -0.39 is 0 Å². The third-order valence-electron chi connectivity index (χ3n) is 1.65. The van der Waals surface area contributed by atoms with Crippen molar-refractivity contribution in [1.29, 1.82) is 0 Å². The summed E-state index contributed by atoms with van der Waals surface area (Å²) < 4.78 is 6.16. The quantitative estimate of drug-likeness (QED) is 0.783. The molecule has 0 bridgehead atoms. The van der Waals surface area contributed by atoms with Gasteiger partial charge in [0.15, 0.2) is 0 Å². The fraction of sp³-hybridized carbons (Fsp3) is 0. The Labute approximate surface area is 97.6 Å². The molecule has 0 aliphatic heterocycles. The van der Waals surface area contributed by atoms with Crippen molar-refractivity contribution in [1.82, 2.24) is 0 Å². The van der Waals surface area contributed by atoms with Gasteiger partial charge in [-0.2, -0.15) is 0 Å². The van der Waals surface area contributed by atoms with Crippen molar-refractivity contribution in [3.05, 3.63) is 43.9 Å². The smallest absolute Gasteiger partial charge is 0.206 e. The molecular weight excluding hydrogens is 288 g/mol. The van der Waals surface area contributed by atoms with E-state index in [0.717, 1.165) is 4.47 Å². The second-order valence-electron chi connectivity index (χ2n) is 2.57. The molecule has 0 amide bonds. The number of ketones is 1. The van der Waals surface area contributed by atoms with Gasteiger partial charge in [0, 0.05) is 4.47 Å². The standard InChI is InChI=1S/C9H4BrClO2S/c10-6-3-7(14-9(6)11)8(12)5-1-2-13-4-5/h1-4H. The van der Waals surface area contributed by atoms with Gasteiger partial charge in [0.05, 0.1) is 16.7 Å². The van der Waals surface area contributed by atoms with Gasteiger partial charge >= 0.3 is 0 Å². The monoisotopic (exact) mass is 290 g/mol. The number of furan rings is 1. The third-order valence-corrected chi connectivity index (χ3v) is 4.13. The predicted molar refractivity (Wildman–Crippen MR) is 59.2 cm³/mol. The summed E-state index contributed by atoms with van der Waals surface area (Å²) in [5.41, 5.74) is 0.537. The summed E-state index contributed by atoms with van der Waals surface area (Å²) in [6.07, 6.45) is 2.89. The molecule has 0 aliphatic rings. The Kier molecular flexibility index (Phi) is 2.76. The van der Waals surface area contributed by atoms with E-state index >= 15 is 0 Å². The molecule has 2 rings (SSSR count). The average Bonchev–Trinajstić information content (AvgIpc) is 2.76. The SMILES string of the molecule is O=C(c1ccoc1)c1cc(Br)c(Cl)s1. The lowest BCUT2D eigenvalue weighted by Crippen LogP contribution is -1.95. The van der Waals surface area contributed by atoms with Crippen LogP contribution in [0.25, 0.3) is 0 Å². The maximum absolute atomic E-state index is 11.7. The first-order chi connectivity index (χ1) is 6.68. The van der Waals surface area contributed by atoms with Crippen LogP contribution in [0, 0.1) is 0 Å². The highest BCUT2D eigenvalue weighted by Crippen LogP contribution is 2.33. The van der Waals surface area contributed by atoms with E-state index in [-0.39, 0.29) is 5.78 Å². The fourth-order valence-electron chi connectivity index (χ4n) is 0.994. The van der Waals surface area contributed by atoms with E-state index in [0.29, 0.717) is 14.8 Å². The van der Waals surface area contributed by atoms with E-state index in [1.165, 1.54) is 23.9 Å². The Morgan fingerprint density at radius 3 is 2.86 bits per heavy atom. The fourth-order valence-corrected chi connectivity index (χ4v) is 2.66. The predicted octanol–water partition coefficient (Wildman–Crippen LogP) is 3.99. The summed E-state index contributed by atoms with van der Waals surface area (Å²) >= 11 is 10.3. The molecule has 0 saturated carbocycles. The van der Waals surface area contributed by atoms with Crippen LogP contribution in [0.5, 0.6) is 0 Å². The molecule has 0 unspecified atom stereocenters. The molecule has 5 heteroatoms. The van der Waals surface area contributed by atoms with Gasteiger partial charge in [0.25, 0.3) is 0 Å². The van der Waals surface area contributed by atoms with Crippen LogP contribution in [0.3, 0.4) is 0 Å². The summed E-state index contributed by atoms with van der Waals surface area (Å²) in [5.74, 6) is -0.0728. The first kappa shape index (κ1) is 9.96. The molecule has 2 heterocycles. The molecule has 0 saturated heterocycles. The van der Waals surface area contributed by atoms with E-state index in [2.05, 4.69) is 15.9 Å². The maximum Gasteiger partial charge on any atom is 0.206 e. The summed E-state index contributed by atoms with van der Waals surface area (Å²) in [6.45, 7) is 0. The van der Waals surface area contributed by atoms with Crippen molar-refractivity contribution in [2.45, 2.75) is 0 Å². The number of rotatable bonds is 2. The van der Waals surface area contributed by atoms with Crippen molar-refractivity contribution in [2.75, 3.05) is 0 Å². The zero-order valence-electron chi connectivity index (χ0n) is 6.79. The zero-order chi connectivity index (χ0) is 10.1. The molecule has 0 atom stereocenters. The number of hydrogen-bond donors (Lipinski definition) is 0. The number of hydrogen-bond acceptors (Lipinski definition) is 3. The number of carbonyl (C=O) groups excluding carboxylic acids is 1. The van der Waals surface area contributed by atoms with Crippen LogP contribution < -0.4 is 0 Å². The van der Waals surface area contributed by atoms with Crippen LogP contribution in [-0.2, 0) is 0 Å². The van der Waals surface area contributed by atoms with Crippen LogP contribution in [0.4, 0.5) is 0 Å². The van der Waals surface area contributed by atoms with Gasteiger partial charge in [0.1, 0.15) is 10.6 Å². The average molecular weight is 292 g/mol. The number of carbonyl (C=O) groups is 1. The first-order valence-electron chi connectivity index (χ1n) is 3.70. The molecule has 0 radical (unpaired) electrons. The molecule has 72 valence electrons. The van der Waals surface area contributed by atoms with Crippen LogP contribution in [0.2, 0.25) is 4.34 Å². The largest absolute Gasteiger partial charge is 0.472 e. The minimum Gasteiger partial charge on any atom is -0.472 e. The highest BCUT2D eigenvalue weighted by Gasteiger charge is 2.14. The first-order valence-corrected chi connectivity index (χ1v) is 5.69. The minimum absolute atomic E-state index is 0.0728. The topological polar surface area (TPSA) is 30.2 Å². The van der Waals surface area contributed by atoms with Crippen LogP contribution >= 0.6 is 38.9 Å². The molecule has 14 heavy (non-hydrogen) atoms. The molecule has 2 aromatic rings. The van der Waals surface area contributed by atoms with Gasteiger partial charge in [0.2, 0.25) is 5.78 Å². The van der Waals surface area contributed by atoms with Gasteiger partial charge in [-0.15, -0.1) is 11.3 Å². The molecule has 2 nitrogen and oxygen atoms in total. The minimum atomic E-state index is -0.0728. The van der Waals surface area contributed by atoms with E-state index in [4.69, 9.17) is 16.0 Å². The van der Waals surface area contributed by atoms with Gasteiger partial charge < -0.3 is 4.42 Å². The Morgan fingerprint density at radius 2 is 2.36 bits per heavy atom. The lowest BCUT2D eigenvalue weighted by molar-refractivity contribution is 0.104. The van der Waals surface area contributed by atoms with Gasteiger partial charge in [-0.1, -0.05) is 11.6 Å². The molecule has 0 spiro atoms. The van der Waals surface area contributed by atoms with Gasteiger partial charge in [-0.3, -0.25) is 4.79 Å². The van der Waals surface area contributed by atoms with Crippen molar-refractivity contribution >= 4 is 44.7 Å². The highest BCUT2D eigenvalue weighted by atomic mass is 79.9. The normalized spacial score (nSPS) is 10.4. The Bertz CT molecular complexity index is 442. The lowest BCUT2D eigenvalue weighted by Gasteiger charge is -1.89. The van der Waals surface area contributed by atoms with Crippen molar-refractivity contribution < 1.29 is 9.21 Å². The summed E-state index contributed by atoms with van der Waals surface area (Å²) in [4.78, 5) is 12.3. The van der Waals surface area contributed by atoms with E-state index in [1.54, 1.807) is 12.1 Å². The second-order valence-corrected chi connectivity index (χ2v) is 5.08. The lowest BCUT2D eigenvalue weighted by atomic mass is 10.2. The number of halogens is 2. The number of thiophene rings is 1. The van der Waals surface area contributed by atoms with Crippen LogP contribution in [-0.4, -0.2) is 5.78 Å². The summed E-state index contributed by atoms with van der Waals surface area (Å²) in [7, 11) is 0. The Balaban J connectivity index is 2.37. The van der Waals surface area contributed by atoms with Gasteiger partial charge in [-0.05, 0) is 28.1 Å².